The maximum Gasteiger partial charge on any atom is 0.0429 e. The van der Waals surface area contributed by atoms with Gasteiger partial charge in [0, 0.05) is 11.9 Å². The SMILES string of the molecule is CC(C)(C)P(CC(=N)c1ccccc1)C(C)(C)C. The predicted molar refractivity (Wildman–Crippen MR) is 84.6 cm³/mol. The van der Waals surface area contributed by atoms with Crippen molar-refractivity contribution < 1.29 is 0 Å². The Morgan fingerprint density at radius 3 is 1.78 bits per heavy atom. The Hall–Kier alpha value is -0.680. The van der Waals surface area contributed by atoms with Gasteiger partial charge in [-0.05, 0) is 15.9 Å². The van der Waals surface area contributed by atoms with Crippen molar-refractivity contribution in [3.05, 3.63) is 35.9 Å². The van der Waals surface area contributed by atoms with Crippen molar-refractivity contribution >= 4 is 13.6 Å². The van der Waals surface area contributed by atoms with Gasteiger partial charge >= 0.3 is 0 Å². The molecule has 1 nitrogen and oxygen atoms in total. The Morgan fingerprint density at radius 2 is 1.39 bits per heavy atom. The summed E-state index contributed by atoms with van der Waals surface area (Å²) in [7, 11) is -0.230. The molecule has 0 aliphatic carbocycles. The zero-order chi connectivity index (χ0) is 14.0. The van der Waals surface area contributed by atoms with E-state index in [4.69, 9.17) is 5.41 Å². The van der Waals surface area contributed by atoms with E-state index in [1.165, 1.54) is 0 Å². The van der Waals surface area contributed by atoms with Gasteiger partial charge in [-0.3, -0.25) is 0 Å². The van der Waals surface area contributed by atoms with E-state index >= 15 is 0 Å². The highest BCUT2D eigenvalue weighted by Crippen LogP contribution is 2.59. The lowest BCUT2D eigenvalue weighted by atomic mass is 10.1. The molecule has 1 aromatic carbocycles. The molecule has 0 heterocycles. The molecule has 0 aromatic heterocycles. The third-order valence-corrected chi connectivity index (χ3v) is 6.93. The second-order valence-corrected chi connectivity index (χ2v) is 10.6. The smallest absolute Gasteiger partial charge is 0.0429 e. The van der Waals surface area contributed by atoms with Crippen molar-refractivity contribution in [2.45, 2.75) is 51.9 Å². The average Bonchev–Trinajstić information content (AvgIpc) is 2.23. The van der Waals surface area contributed by atoms with Gasteiger partial charge in [0.15, 0.2) is 0 Å². The first-order valence-corrected chi connectivity index (χ1v) is 8.05. The van der Waals surface area contributed by atoms with Gasteiger partial charge < -0.3 is 5.41 Å². The van der Waals surface area contributed by atoms with Crippen molar-refractivity contribution in [2.75, 3.05) is 6.16 Å². The first-order chi connectivity index (χ1) is 8.12. The zero-order valence-corrected chi connectivity index (χ0v) is 13.4. The molecule has 0 radical (unpaired) electrons. The molecule has 0 saturated heterocycles. The lowest BCUT2D eigenvalue weighted by Gasteiger charge is -2.41. The van der Waals surface area contributed by atoms with E-state index in [1.54, 1.807) is 0 Å². The molecule has 2 heteroatoms. The summed E-state index contributed by atoms with van der Waals surface area (Å²) in [5.41, 5.74) is 1.85. The van der Waals surface area contributed by atoms with Gasteiger partial charge in [-0.15, -0.1) is 0 Å². The normalized spacial score (nSPS) is 12.8. The standard InChI is InChI=1S/C16H26NP/c1-15(2,3)18(16(4,5)6)12-14(17)13-10-8-7-9-11-13/h7-11,17H,12H2,1-6H3. The minimum absolute atomic E-state index is 0.230. The molecule has 0 bridgehead atoms. The lowest BCUT2D eigenvalue weighted by Crippen LogP contribution is -2.28. The molecule has 0 amide bonds. The number of hydrogen-bond acceptors (Lipinski definition) is 1. The molecule has 0 atom stereocenters. The molecule has 18 heavy (non-hydrogen) atoms. The van der Waals surface area contributed by atoms with Gasteiger partial charge in [0.25, 0.3) is 0 Å². The first kappa shape index (κ1) is 15.4. The number of benzene rings is 1. The summed E-state index contributed by atoms with van der Waals surface area (Å²) in [6.07, 6.45) is 0.909. The van der Waals surface area contributed by atoms with Crippen LogP contribution < -0.4 is 0 Å². The van der Waals surface area contributed by atoms with E-state index in [0.29, 0.717) is 0 Å². The molecule has 1 rings (SSSR count). The van der Waals surface area contributed by atoms with Crippen LogP contribution in [0, 0.1) is 5.41 Å². The molecule has 0 unspecified atom stereocenters. The highest BCUT2D eigenvalue weighted by atomic mass is 31.1. The van der Waals surface area contributed by atoms with Crippen LogP contribution >= 0.6 is 7.92 Å². The van der Waals surface area contributed by atoms with Gasteiger partial charge in [0.05, 0.1) is 0 Å². The molecule has 0 spiro atoms. The summed E-state index contributed by atoms with van der Waals surface area (Å²) in [5, 5.41) is 8.91. The summed E-state index contributed by atoms with van der Waals surface area (Å²) in [6, 6.07) is 10.1. The Kier molecular flexibility index (Phi) is 4.72. The van der Waals surface area contributed by atoms with Crippen LogP contribution in [-0.4, -0.2) is 22.2 Å². The van der Waals surface area contributed by atoms with E-state index in [9.17, 15) is 0 Å². The van der Waals surface area contributed by atoms with Gasteiger partial charge in [-0.1, -0.05) is 79.8 Å². The van der Waals surface area contributed by atoms with Crippen LogP contribution in [0.1, 0.15) is 47.1 Å². The number of nitrogens with one attached hydrogen (secondary N) is 1. The monoisotopic (exact) mass is 263 g/mol. The second-order valence-electron chi connectivity index (χ2n) is 6.77. The molecule has 0 aliphatic rings. The first-order valence-electron chi connectivity index (χ1n) is 6.53. The third-order valence-electron chi connectivity index (χ3n) is 3.06. The summed E-state index contributed by atoms with van der Waals surface area (Å²) in [6.45, 7) is 13.8. The van der Waals surface area contributed by atoms with Gasteiger partial charge in [-0.25, -0.2) is 0 Å². The second kappa shape index (κ2) is 5.53. The zero-order valence-electron chi connectivity index (χ0n) is 12.5. The van der Waals surface area contributed by atoms with Gasteiger partial charge in [-0.2, -0.15) is 0 Å². The maximum atomic E-state index is 8.34. The quantitative estimate of drug-likeness (QED) is 0.577. The Bertz CT molecular complexity index is 381. The van der Waals surface area contributed by atoms with Crippen molar-refractivity contribution in [1.82, 2.24) is 0 Å². The molecular weight excluding hydrogens is 237 g/mol. The summed E-state index contributed by atoms with van der Waals surface area (Å²) in [4.78, 5) is 0. The Labute approximate surface area is 113 Å². The van der Waals surface area contributed by atoms with E-state index in [2.05, 4.69) is 41.5 Å². The van der Waals surface area contributed by atoms with E-state index in [0.717, 1.165) is 17.4 Å². The fraction of sp³-hybridized carbons (Fsp3) is 0.562. The molecule has 0 fully saturated rings. The summed E-state index contributed by atoms with van der Waals surface area (Å²) < 4.78 is 0. The predicted octanol–water partition coefficient (Wildman–Crippen LogP) is 5.13. The van der Waals surface area contributed by atoms with Gasteiger partial charge in [0.2, 0.25) is 0 Å². The largest absolute Gasteiger partial charge is 0.304 e. The molecular formula is C16H26NP. The Morgan fingerprint density at radius 1 is 0.944 bits per heavy atom. The number of rotatable bonds is 3. The van der Waals surface area contributed by atoms with Crippen LogP contribution in [-0.2, 0) is 0 Å². The van der Waals surface area contributed by atoms with Crippen LogP contribution in [0.5, 0.6) is 0 Å². The molecule has 1 N–H and O–H groups in total. The van der Waals surface area contributed by atoms with Crippen LogP contribution in [0.3, 0.4) is 0 Å². The summed E-state index contributed by atoms with van der Waals surface area (Å²) >= 11 is 0. The van der Waals surface area contributed by atoms with Crippen molar-refractivity contribution in [2.24, 2.45) is 0 Å². The maximum absolute atomic E-state index is 8.34. The third kappa shape index (κ3) is 4.21. The van der Waals surface area contributed by atoms with Gasteiger partial charge in [0.1, 0.15) is 0 Å². The molecule has 0 aliphatic heterocycles. The lowest BCUT2D eigenvalue weighted by molar-refractivity contribution is 0.708. The highest BCUT2D eigenvalue weighted by molar-refractivity contribution is 7.61. The Balaban J connectivity index is 2.90. The van der Waals surface area contributed by atoms with E-state index in [1.807, 2.05) is 30.3 Å². The minimum atomic E-state index is -0.230. The van der Waals surface area contributed by atoms with Crippen LogP contribution in [0.25, 0.3) is 0 Å². The van der Waals surface area contributed by atoms with E-state index < -0.39 is 0 Å². The van der Waals surface area contributed by atoms with Crippen molar-refractivity contribution in [3.8, 4) is 0 Å². The molecule has 100 valence electrons. The fourth-order valence-corrected chi connectivity index (χ4v) is 5.83. The van der Waals surface area contributed by atoms with Crippen LogP contribution in [0.2, 0.25) is 0 Å². The topological polar surface area (TPSA) is 23.9 Å². The van der Waals surface area contributed by atoms with Crippen molar-refractivity contribution in [1.29, 1.82) is 5.41 Å². The highest BCUT2D eigenvalue weighted by Gasteiger charge is 2.34. The minimum Gasteiger partial charge on any atom is -0.304 e. The van der Waals surface area contributed by atoms with Crippen LogP contribution in [0.4, 0.5) is 0 Å². The van der Waals surface area contributed by atoms with Crippen LogP contribution in [0.15, 0.2) is 30.3 Å². The number of hydrogen-bond donors (Lipinski definition) is 1. The van der Waals surface area contributed by atoms with Crippen molar-refractivity contribution in [3.63, 3.8) is 0 Å². The average molecular weight is 263 g/mol. The molecule has 0 saturated carbocycles. The van der Waals surface area contributed by atoms with E-state index in [-0.39, 0.29) is 18.2 Å². The summed E-state index contributed by atoms with van der Waals surface area (Å²) in [5.74, 6) is 0. The fourth-order valence-electron chi connectivity index (χ4n) is 2.37. The molecule has 1 aromatic rings.